The lowest BCUT2D eigenvalue weighted by Gasteiger charge is -2.12. The molecule has 0 aliphatic rings. The van der Waals surface area contributed by atoms with Gasteiger partial charge in [-0.2, -0.15) is 0 Å². The van der Waals surface area contributed by atoms with Crippen LogP contribution in [-0.4, -0.2) is 9.13 Å². The van der Waals surface area contributed by atoms with Crippen LogP contribution in [0.4, 0.5) is 0 Å². The first kappa shape index (κ1) is 19.4. The Morgan fingerprint density at radius 3 is 1.73 bits per heavy atom. The Bertz CT molecular complexity index is 3750. The van der Waals surface area contributed by atoms with Crippen molar-refractivity contribution in [1.29, 1.82) is 0 Å². The summed E-state index contributed by atoms with van der Waals surface area (Å²) in [4.78, 5) is 0. The van der Waals surface area contributed by atoms with Gasteiger partial charge in [0.05, 0.1) is 42.8 Å². The molecule has 0 N–H and O–H groups in total. The Labute approximate surface area is 309 Å². The van der Waals surface area contributed by atoms with Gasteiger partial charge in [-0.05, 0) is 88.9 Å². The van der Waals surface area contributed by atoms with E-state index in [4.69, 9.17) is 16.8 Å². The molecule has 0 saturated carbocycles. The third-order valence-electron chi connectivity index (χ3n) is 9.71. The van der Waals surface area contributed by atoms with Crippen molar-refractivity contribution in [3.63, 3.8) is 0 Å². The molecule has 238 valence electrons. The molecule has 3 nitrogen and oxygen atoms in total. The van der Waals surface area contributed by atoms with E-state index in [2.05, 4.69) is 53.1 Å². The van der Waals surface area contributed by atoms with Gasteiger partial charge >= 0.3 is 0 Å². The quantitative estimate of drug-likeness (QED) is 0.184. The molecule has 0 amide bonds. The first-order valence-corrected chi connectivity index (χ1v) is 16.5. The molecule has 0 aliphatic carbocycles. The van der Waals surface area contributed by atoms with Gasteiger partial charge in [0.15, 0.2) is 5.58 Å². The summed E-state index contributed by atoms with van der Waals surface area (Å²) in [7, 11) is 0. The van der Waals surface area contributed by atoms with E-state index in [1.54, 1.807) is 4.57 Å². The minimum Gasteiger partial charge on any atom is -0.454 e. The molecule has 3 heteroatoms. The lowest BCUT2D eigenvalue weighted by molar-refractivity contribution is 0.666. The van der Waals surface area contributed by atoms with Crippen molar-refractivity contribution in [2.45, 2.75) is 0 Å². The van der Waals surface area contributed by atoms with Gasteiger partial charge < -0.3 is 13.6 Å². The van der Waals surface area contributed by atoms with Crippen LogP contribution in [0.1, 0.15) is 15.1 Å². The second kappa shape index (κ2) is 10.8. The van der Waals surface area contributed by atoms with E-state index in [-0.39, 0.29) is 44.8 Å². The summed E-state index contributed by atoms with van der Waals surface area (Å²) < 4.78 is 107. The van der Waals surface area contributed by atoms with E-state index in [1.807, 2.05) is 66.7 Å². The Kier molecular flexibility index (Phi) is 4.11. The monoisotopic (exact) mass is 661 g/mol. The maximum absolute atomic E-state index is 9.86. The Morgan fingerprint density at radius 2 is 1.00 bits per heavy atom. The van der Waals surface area contributed by atoms with Crippen LogP contribution < -0.4 is 0 Å². The standard InChI is InChI=1S/C48H30N2O/c1-3-13-31(14-4-1)34-29-41-38-19-9-12-22-47(38)51-48(41)46(30-34)50-43-21-11-8-18-37(43)40-28-33(24-26-45(40)50)32-23-25-44-39(27-32)36-17-7-10-20-42(36)49(44)35-15-5-2-6-16-35/h1-30H/i1D,3D,4D,9D,12D,13D,14D,19D,22D,29D,30D. The average Bonchev–Trinajstić information content (AvgIpc) is 3.96. The van der Waals surface area contributed by atoms with Gasteiger partial charge in [-0.15, -0.1) is 0 Å². The number of rotatable bonds is 4. The van der Waals surface area contributed by atoms with E-state index in [1.165, 1.54) is 0 Å². The van der Waals surface area contributed by atoms with Crippen molar-refractivity contribution < 1.29 is 19.5 Å². The molecule has 0 fully saturated rings. The predicted octanol–water partition coefficient (Wildman–Crippen LogP) is 13.1. The molecule has 0 radical (unpaired) electrons. The van der Waals surface area contributed by atoms with Crippen molar-refractivity contribution in [2.24, 2.45) is 0 Å². The SMILES string of the molecule is [2H]c1c([2H])c([2H])c(-c2c([2H])c(-n3c4ccccc4c4cc(-c5ccc6c(c5)c5ccccc5n6-c5ccccc5)ccc43)c3oc4c([2H])c([2H])c([2H])c([2H])c4c3c2[2H])c([2H])c1[2H]. The Balaban J connectivity index is 1.23. The number of benzene rings is 8. The summed E-state index contributed by atoms with van der Waals surface area (Å²) in [6, 6.07) is 32.4. The van der Waals surface area contributed by atoms with Crippen LogP contribution in [0.15, 0.2) is 186 Å². The summed E-state index contributed by atoms with van der Waals surface area (Å²) in [5.74, 6) is 0. The molecule has 51 heavy (non-hydrogen) atoms. The van der Waals surface area contributed by atoms with Gasteiger partial charge in [0.2, 0.25) is 0 Å². The molecule has 0 saturated heterocycles. The van der Waals surface area contributed by atoms with E-state index < -0.39 is 60.4 Å². The summed E-state index contributed by atoms with van der Waals surface area (Å²) in [5, 5.41) is 3.61. The minimum atomic E-state index is -0.646. The third-order valence-corrected chi connectivity index (χ3v) is 9.71. The van der Waals surface area contributed by atoms with Gasteiger partial charge in [-0.3, -0.25) is 0 Å². The molecule has 8 aromatic carbocycles. The fourth-order valence-corrected chi connectivity index (χ4v) is 7.50. The minimum absolute atomic E-state index is 0.0416. The third kappa shape index (κ3) is 4.19. The second-order valence-corrected chi connectivity index (χ2v) is 12.5. The molecule has 0 bridgehead atoms. The van der Waals surface area contributed by atoms with Gasteiger partial charge in [-0.1, -0.05) is 115 Å². The molecule has 0 spiro atoms. The normalized spacial score (nSPS) is 14.9. The van der Waals surface area contributed by atoms with Crippen LogP contribution in [0.5, 0.6) is 0 Å². The van der Waals surface area contributed by atoms with Crippen LogP contribution in [0.2, 0.25) is 0 Å². The summed E-state index contributed by atoms with van der Waals surface area (Å²) in [6.45, 7) is 0. The number of para-hydroxylation sites is 4. The number of aromatic nitrogens is 2. The number of hydrogen-bond donors (Lipinski definition) is 0. The van der Waals surface area contributed by atoms with Crippen LogP contribution in [-0.2, 0) is 0 Å². The van der Waals surface area contributed by atoms with Gasteiger partial charge in [-0.25, -0.2) is 0 Å². The van der Waals surface area contributed by atoms with Gasteiger partial charge in [0, 0.05) is 38.0 Å². The summed E-state index contributed by atoms with van der Waals surface area (Å²) in [6.07, 6.45) is 0. The lowest BCUT2D eigenvalue weighted by Crippen LogP contribution is -1.95. The Hall–Kier alpha value is -6.84. The fourth-order valence-electron chi connectivity index (χ4n) is 7.50. The van der Waals surface area contributed by atoms with E-state index >= 15 is 0 Å². The molecule has 0 atom stereocenters. The highest BCUT2D eigenvalue weighted by molar-refractivity contribution is 6.15. The molecule has 11 aromatic rings. The first-order valence-electron chi connectivity index (χ1n) is 22.0. The van der Waals surface area contributed by atoms with Crippen molar-refractivity contribution in [1.82, 2.24) is 9.13 Å². The predicted molar refractivity (Wildman–Crippen MR) is 213 cm³/mol. The largest absolute Gasteiger partial charge is 0.454 e. The molecule has 3 aromatic heterocycles. The first-order chi connectivity index (χ1) is 29.9. The van der Waals surface area contributed by atoms with Crippen LogP contribution >= 0.6 is 0 Å². The zero-order valence-electron chi connectivity index (χ0n) is 37.8. The van der Waals surface area contributed by atoms with E-state index in [0.29, 0.717) is 11.0 Å². The maximum atomic E-state index is 9.86. The van der Waals surface area contributed by atoms with E-state index in [0.717, 1.165) is 49.4 Å². The highest BCUT2D eigenvalue weighted by atomic mass is 16.3. The molecule has 3 heterocycles. The number of furan rings is 1. The molecule has 0 aliphatic heterocycles. The fraction of sp³-hybridized carbons (Fsp3) is 0. The summed E-state index contributed by atoms with van der Waals surface area (Å²) in [5.41, 5.74) is 5.39. The molecular formula is C48H30N2O. The summed E-state index contributed by atoms with van der Waals surface area (Å²) >= 11 is 0. The van der Waals surface area contributed by atoms with Crippen LogP contribution in [0.25, 0.3) is 99.2 Å². The van der Waals surface area contributed by atoms with Gasteiger partial charge in [0.1, 0.15) is 5.58 Å². The van der Waals surface area contributed by atoms with Gasteiger partial charge in [0.25, 0.3) is 0 Å². The van der Waals surface area contributed by atoms with Crippen molar-refractivity contribution in [3.8, 4) is 33.6 Å². The molecular weight excluding hydrogens is 621 g/mol. The highest BCUT2D eigenvalue weighted by Crippen LogP contribution is 2.42. The zero-order valence-corrected chi connectivity index (χ0v) is 26.8. The van der Waals surface area contributed by atoms with Crippen molar-refractivity contribution >= 4 is 65.6 Å². The number of nitrogens with zero attached hydrogens (tertiary/aromatic N) is 2. The average molecular weight is 662 g/mol. The van der Waals surface area contributed by atoms with Crippen molar-refractivity contribution in [3.05, 3.63) is 182 Å². The van der Waals surface area contributed by atoms with Crippen molar-refractivity contribution in [2.75, 3.05) is 0 Å². The molecule has 0 unspecified atom stereocenters. The lowest BCUT2D eigenvalue weighted by atomic mass is 10.0. The zero-order chi connectivity index (χ0) is 43.0. The number of hydrogen-bond acceptors (Lipinski definition) is 1. The highest BCUT2D eigenvalue weighted by Gasteiger charge is 2.20. The topological polar surface area (TPSA) is 23.0 Å². The smallest absolute Gasteiger partial charge is 0.159 e. The van der Waals surface area contributed by atoms with Crippen LogP contribution in [0.3, 0.4) is 0 Å². The second-order valence-electron chi connectivity index (χ2n) is 12.5. The molecule has 11 rings (SSSR count). The Morgan fingerprint density at radius 1 is 0.412 bits per heavy atom. The van der Waals surface area contributed by atoms with E-state index in [9.17, 15) is 2.74 Å². The van der Waals surface area contributed by atoms with Crippen LogP contribution in [0, 0.1) is 0 Å². The number of fused-ring (bicyclic) bond motifs is 9. The maximum Gasteiger partial charge on any atom is 0.159 e.